The highest BCUT2D eigenvalue weighted by Gasteiger charge is 2.50. The first-order valence-electron chi connectivity index (χ1n) is 11.3. The Morgan fingerprint density at radius 2 is 1.74 bits per heavy atom. The summed E-state index contributed by atoms with van der Waals surface area (Å²) >= 11 is 1.59. The van der Waals surface area contributed by atoms with Crippen LogP contribution in [0.1, 0.15) is 55.1 Å². The number of aromatic nitrogens is 5. The number of fused-ring (bicyclic) bond motifs is 2. The number of Topliss-reactive ketones (excluding diaryl/α,β-unsaturated/α-hetero) is 1. The average molecular weight is 635 g/mol. The Balaban J connectivity index is 0.00000169. The van der Waals surface area contributed by atoms with E-state index < -0.39 is 10.8 Å². The van der Waals surface area contributed by atoms with E-state index in [2.05, 4.69) is 38.8 Å². The van der Waals surface area contributed by atoms with Crippen molar-refractivity contribution in [2.24, 2.45) is 0 Å². The smallest absolute Gasteiger partial charge is 0.402 e. The van der Waals surface area contributed by atoms with Crippen LogP contribution in [0.2, 0.25) is 0 Å². The van der Waals surface area contributed by atoms with Crippen molar-refractivity contribution < 1.29 is 26.5 Å². The Hall–Kier alpha value is -1.56. The van der Waals surface area contributed by atoms with Crippen LogP contribution in [0.25, 0.3) is 17.0 Å². The van der Waals surface area contributed by atoms with Gasteiger partial charge in [-0.2, -0.15) is 0 Å². The van der Waals surface area contributed by atoms with Gasteiger partial charge in [-0.25, -0.2) is 9.55 Å². The number of imidazole rings is 1. The number of pyridine rings is 1. The van der Waals surface area contributed by atoms with Crippen LogP contribution in [0.15, 0.2) is 28.7 Å². The van der Waals surface area contributed by atoms with Crippen molar-refractivity contribution >= 4 is 74.6 Å². The topological polar surface area (TPSA) is 84.6 Å². The largest absolute Gasteiger partial charge is 1.00 e. The number of rotatable bonds is 6. The molecule has 0 saturated carbocycles. The van der Waals surface area contributed by atoms with Gasteiger partial charge in [0.25, 0.3) is 0 Å². The molecule has 206 valence electrons. The third-order valence-electron chi connectivity index (χ3n) is 6.84. The Bertz CT molecular complexity index is 1430. The molecule has 0 unspecified atom stereocenters. The van der Waals surface area contributed by atoms with Crippen molar-refractivity contribution in [2.75, 3.05) is 7.11 Å². The summed E-state index contributed by atoms with van der Waals surface area (Å²) in [6, 6.07) is 6.14. The molecule has 1 N–H and O–H groups in total. The fourth-order valence-corrected chi connectivity index (χ4v) is 8.21. The van der Waals surface area contributed by atoms with E-state index in [9.17, 15) is 4.79 Å². The van der Waals surface area contributed by atoms with Crippen molar-refractivity contribution in [3.05, 3.63) is 51.8 Å². The number of hydrogen-bond donors (Lipinski definition) is 1. The maximum Gasteiger partial charge on any atom is 0.402 e. The lowest BCUT2D eigenvalue weighted by Crippen LogP contribution is -3.00. The maximum atomic E-state index is 13.1. The van der Waals surface area contributed by atoms with Crippen molar-refractivity contribution in [1.82, 2.24) is 20.2 Å². The second-order valence-corrected chi connectivity index (χ2v) is 13.5. The Morgan fingerprint density at radius 3 is 2.34 bits per heavy atom. The van der Waals surface area contributed by atoms with Gasteiger partial charge in [-0.15, -0.1) is 35.0 Å². The third kappa shape index (κ3) is 5.40. The van der Waals surface area contributed by atoms with E-state index >= 15 is 0 Å². The first-order chi connectivity index (χ1) is 16.5. The predicted molar refractivity (Wildman–Crippen MR) is 156 cm³/mol. The highest BCUT2D eigenvalue weighted by Crippen LogP contribution is 2.47. The molecule has 5 rings (SSSR count). The number of hydrogen-bond acceptors (Lipinski definition) is 8. The van der Waals surface area contributed by atoms with Crippen LogP contribution in [0.3, 0.4) is 0 Å². The fraction of sp³-hybridized carbons (Fsp3) is 0.400. The summed E-state index contributed by atoms with van der Waals surface area (Å²) in [4.78, 5) is 21.5. The molecule has 0 bridgehead atoms. The molecule has 7 nitrogen and oxygen atoms in total. The van der Waals surface area contributed by atoms with Crippen molar-refractivity contribution in [2.45, 2.75) is 62.5 Å². The van der Waals surface area contributed by atoms with Crippen LogP contribution in [0, 0.1) is 13.8 Å². The molecule has 0 saturated heterocycles. The first-order valence-corrected chi connectivity index (χ1v) is 14.4. The minimum absolute atomic E-state index is 0. The van der Waals surface area contributed by atoms with Gasteiger partial charge in [0.1, 0.15) is 22.0 Å². The summed E-state index contributed by atoms with van der Waals surface area (Å²) in [5, 5.41) is 9.27. The molecule has 3 heterocycles. The summed E-state index contributed by atoms with van der Waals surface area (Å²) in [5.41, 5.74) is 5.02. The van der Waals surface area contributed by atoms with Gasteiger partial charge in [0, 0.05) is 22.5 Å². The van der Waals surface area contributed by atoms with E-state index in [1.165, 1.54) is 0 Å². The molecule has 0 aliphatic heterocycles. The van der Waals surface area contributed by atoms with Gasteiger partial charge < -0.3 is 17.1 Å². The minimum Gasteiger partial charge on any atom is -1.00 e. The summed E-state index contributed by atoms with van der Waals surface area (Å²) in [6.45, 7) is 12.1. The molecule has 1 aliphatic rings. The summed E-state index contributed by atoms with van der Waals surface area (Å²) < 4.78 is 8.63. The maximum absolute atomic E-state index is 13.1. The normalized spacial score (nSPS) is 14.9. The zero-order valence-corrected chi connectivity index (χ0v) is 26.9. The monoisotopic (exact) mass is 633 g/mol. The molecule has 0 spiro atoms. The number of ether oxygens (including phenoxy) is 1. The van der Waals surface area contributed by atoms with Crippen LogP contribution >= 0.6 is 57.7 Å². The molecule has 4 aromatic rings. The van der Waals surface area contributed by atoms with Crippen LogP contribution in [-0.2, 0) is 21.4 Å². The fourth-order valence-electron chi connectivity index (χ4n) is 4.94. The van der Waals surface area contributed by atoms with Gasteiger partial charge in [-0.1, -0.05) is 27.1 Å². The van der Waals surface area contributed by atoms with Crippen molar-refractivity contribution in [3.8, 4) is 11.7 Å². The van der Waals surface area contributed by atoms with E-state index in [-0.39, 0.29) is 43.0 Å². The summed E-state index contributed by atoms with van der Waals surface area (Å²) in [7, 11) is 5.02. The lowest BCUT2D eigenvalue weighted by atomic mass is 9.80. The lowest BCUT2D eigenvalue weighted by Gasteiger charge is -2.21. The standard InChI is InChI=1S/C25H28N5O2S3.3ClH/c1-13-19(12-33-35-23-29-28-14(2)34-23)30(9-8-20(13)32-7)22-26-17-10-15-16(11-18(17)27-22)25(5,6)21(31)24(15,3)4;;;/h8-11H,12H2,1-7H3,(H,26,27);3*1H/q+1;;;/p-1. The molecule has 0 amide bonds. The zero-order valence-electron chi connectivity index (χ0n) is 22.0. The molecule has 13 heteroatoms. The molecular formula is C25H30Cl3N5O2S3. The highest BCUT2D eigenvalue weighted by molar-refractivity contribution is 8.76. The molecule has 0 atom stereocenters. The van der Waals surface area contributed by atoms with E-state index in [0.717, 1.165) is 60.2 Å². The molecule has 38 heavy (non-hydrogen) atoms. The Kier molecular flexibility index (Phi) is 10.2. The molecular weight excluding hydrogens is 605 g/mol. The number of carbonyl (C=O) groups is 1. The van der Waals surface area contributed by atoms with Crippen LogP contribution < -0.4 is 21.7 Å². The molecule has 0 fully saturated rings. The van der Waals surface area contributed by atoms with Crippen molar-refractivity contribution in [3.63, 3.8) is 0 Å². The van der Waals surface area contributed by atoms with Gasteiger partial charge in [-0.3, -0.25) is 4.79 Å². The molecule has 3 aromatic heterocycles. The van der Waals surface area contributed by atoms with Gasteiger partial charge >= 0.3 is 5.95 Å². The average Bonchev–Trinajstić information content (AvgIpc) is 3.46. The first kappa shape index (κ1) is 32.7. The van der Waals surface area contributed by atoms with E-state index in [1.54, 1.807) is 40.0 Å². The number of nitrogens with one attached hydrogen (secondary N) is 1. The van der Waals surface area contributed by atoms with Crippen LogP contribution in [-0.4, -0.2) is 33.1 Å². The minimum atomic E-state index is -0.530. The van der Waals surface area contributed by atoms with E-state index in [1.807, 2.05) is 46.9 Å². The zero-order chi connectivity index (χ0) is 25.1. The number of aryl methyl sites for hydroxylation is 1. The summed E-state index contributed by atoms with van der Waals surface area (Å²) in [6.07, 6.45) is 1.99. The van der Waals surface area contributed by atoms with Crippen LogP contribution in [0.4, 0.5) is 0 Å². The van der Waals surface area contributed by atoms with Crippen molar-refractivity contribution in [1.29, 1.82) is 0 Å². The number of halogens is 3. The Morgan fingerprint density at radius 1 is 1.08 bits per heavy atom. The number of aromatic amines is 1. The van der Waals surface area contributed by atoms with Gasteiger partial charge in [-0.05, 0) is 75.6 Å². The number of methoxy groups -OCH3 is 1. The number of ketones is 1. The van der Waals surface area contributed by atoms with E-state index in [0.29, 0.717) is 0 Å². The second kappa shape index (κ2) is 11.9. The number of carbonyl (C=O) groups excluding carboxylic acids is 1. The number of H-pyrrole nitrogens is 1. The van der Waals surface area contributed by atoms with Gasteiger partial charge in [0.15, 0.2) is 15.6 Å². The molecule has 1 aromatic carbocycles. The molecule has 0 radical (unpaired) electrons. The third-order valence-corrected chi connectivity index (χ3v) is 10.2. The number of nitrogens with zero attached hydrogens (tertiary/aromatic N) is 4. The number of benzene rings is 1. The SMILES string of the molecule is COc1cc[n+](-c2nc3cc4c(cc3[nH]2)C(C)(C)C(=O)C4(C)C)c(CSSc2nnc(C)s2)c1C.Cl.Cl.[Cl-]. The quantitative estimate of drug-likeness (QED) is 0.258. The van der Waals surface area contributed by atoms with Crippen LogP contribution in [0.5, 0.6) is 5.75 Å². The van der Waals surface area contributed by atoms with Gasteiger partial charge in [0.2, 0.25) is 0 Å². The second-order valence-electron chi connectivity index (χ2n) is 9.81. The predicted octanol–water partition coefficient (Wildman–Crippen LogP) is 3.24. The van der Waals surface area contributed by atoms with Gasteiger partial charge in [0.05, 0.1) is 19.1 Å². The highest BCUT2D eigenvalue weighted by atomic mass is 35.5. The Labute approximate surface area is 253 Å². The van der Waals surface area contributed by atoms with E-state index in [4.69, 9.17) is 9.72 Å². The summed E-state index contributed by atoms with van der Waals surface area (Å²) in [5.74, 6) is 2.55. The lowest BCUT2D eigenvalue weighted by molar-refractivity contribution is -0.610. The molecule has 1 aliphatic carbocycles.